The van der Waals surface area contributed by atoms with Gasteiger partial charge in [0.15, 0.2) is 0 Å². The highest BCUT2D eigenvalue weighted by molar-refractivity contribution is 7.89. The van der Waals surface area contributed by atoms with Crippen molar-refractivity contribution in [1.82, 2.24) is 9.62 Å². The van der Waals surface area contributed by atoms with Crippen LogP contribution in [0.2, 0.25) is 0 Å². The van der Waals surface area contributed by atoms with Crippen LogP contribution in [-0.4, -0.2) is 41.1 Å². The summed E-state index contributed by atoms with van der Waals surface area (Å²) in [7, 11) is 1.52. The lowest BCUT2D eigenvalue weighted by Crippen LogP contribution is -2.34. The molecule has 0 fully saturated rings. The summed E-state index contributed by atoms with van der Waals surface area (Å²) in [5.74, 6) is 0.113. The van der Waals surface area contributed by atoms with Crippen LogP contribution >= 0.6 is 0 Å². The van der Waals surface area contributed by atoms with Crippen molar-refractivity contribution >= 4 is 10.0 Å². The van der Waals surface area contributed by atoms with Gasteiger partial charge in [-0.1, -0.05) is 18.2 Å². The van der Waals surface area contributed by atoms with Crippen LogP contribution < -0.4 is 9.46 Å². The molecule has 2 aromatic rings. The molecule has 0 aliphatic heterocycles. The van der Waals surface area contributed by atoms with Crippen LogP contribution in [0.3, 0.4) is 0 Å². The molecule has 0 radical (unpaired) electrons. The van der Waals surface area contributed by atoms with E-state index in [2.05, 4.69) is 4.72 Å². The first kappa shape index (κ1) is 18.4. The Morgan fingerprint density at radius 2 is 1.88 bits per heavy atom. The van der Waals surface area contributed by atoms with E-state index in [9.17, 15) is 12.8 Å². The smallest absolute Gasteiger partial charge is 0.240 e. The molecule has 0 bridgehead atoms. The molecule has 0 aliphatic rings. The van der Waals surface area contributed by atoms with Gasteiger partial charge < -0.3 is 9.64 Å². The normalized spacial score (nSPS) is 13.0. The van der Waals surface area contributed by atoms with Crippen LogP contribution in [0.25, 0.3) is 0 Å². The molecule has 0 saturated carbocycles. The molecule has 0 saturated heterocycles. The number of nitrogens with one attached hydrogen (secondary N) is 1. The van der Waals surface area contributed by atoms with E-state index in [4.69, 9.17) is 4.74 Å². The van der Waals surface area contributed by atoms with E-state index in [0.717, 1.165) is 11.6 Å². The van der Waals surface area contributed by atoms with Crippen molar-refractivity contribution in [2.75, 3.05) is 27.7 Å². The molecule has 2 rings (SSSR count). The molecule has 0 aliphatic carbocycles. The minimum atomic E-state index is -3.78. The zero-order valence-electron chi connectivity index (χ0n) is 13.9. The third kappa shape index (κ3) is 4.53. The van der Waals surface area contributed by atoms with Crippen molar-refractivity contribution in [2.24, 2.45) is 0 Å². The maximum atomic E-state index is 13.3. The van der Waals surface area contributed by atoms with Gasteiger partial charge in [0, 0.05) is 12.6 Å². The Bertz CT molecular complexity index is 794. The summed E-state index contributed by atoms with van der Waals surface area (Å²) in [5, 5.41) is 0. The van der Waals surface area contributed by atoms with Gasteiger partial charge in [-0.2, -0.15) is 0 Å². The van der Waals surface area contributed by atoms with Gasteiger partial charge in [-0.3, -0.25) is 0 Å². The topological polar surface area (TPSA) is 58.6 Å². The summed E-state index contributed by atoms with van der Waals surface area (Å²) in [6, 6.07) is 12.2. The molecule has 7 heteroatoms. The third-order valence-electron chi connectivity index (χ3n) is 3.68. The largest absolute Gasteiger partial charge is 0.497 e. The lowest BCUT2D eigenvalue weighted by molar-refractivity contribution is 0.298. The molecule has 0 aromatic heterocycles. The van der Waals surface area contributed by atoms with Gasteiger partial charge in [0.1, 0.15) is 11.6 Å². The first-order valence-electron chi connectivity index (χ1n) is 7.39. The van der Waals surface area contributed by atoms with Gasteiger partial charge in [-0.05, 0) is 50.0 Å². The van der Waals surface area contributed by atoms with Gasteiger partial charge in [0.25, 0.3) is 0 Å². The number of sulfonamides is 1. The second kappa shape index (κ2) is 7.74. The molecule has 2 aromatic carbocycles. The summed E-state index contributed by atoms with van der Waals surface area (Å²) in [5.41, 5.74) is 0.918. The van der Waals surface area contributed by atoms with Gasteiger partial charge in [0.05, 0.1) is 12.0 Å². The van der Waals surface area contributed by atoms with E-state index < -0.39 is 15.8 Å². The van der Waals surface area contributed by atoms with Crippen molar-refractivity contribution < 1.29 is 17.5 Å². The zero-order valence-corrected chi connectivity index (χ0v) is 14.7. The number of rotatable bonds is 7. The van der Waals surface area contributed by atoms with E-state index in [1.54, 1.807) is 7.11 Å². The van der Waals surface area contributed by atoms with E-state index >= 15 is 0 Å². The van der Waals surface area contributed by atoms with Gasteiger partial charge in [0.2, 0.25) is 10.0 Å². The van der Waals surface area contributed by atoms with E-state index in [-0.39, 0.29) is 17.5 Å². The Kier molecular flexibility index (Phi) is 5.93. The minimum Gasteiger partial charge on any atom is -0.497 e. The van der Waals surface area contributed by atoms with Gasteiger partial charge >= 0.3 is 0 Å². The number of ether oxygens (including phenoxy) is 1. The Morgan fingerprint density at radius 3 is 2.50 bits per heavy atom. The molecule has 1 atom stereocenters. The first-order chi connectivity index (χ1) is 11.3. The average molecular weight is 352 g/mol. The van der Waals surface area contributed by atoms with Gasteiger partial charge in [-0.25, -0.2) is 17.5 Å². The van der Waals surface area contributed by atoms with E-state index in [1.807, 2.05) is 43.3 Å². The molecule has 0 heterocycles. The predicted octanol–water partition coefficient (Wildman–Crippen LogP) is 2.42. The van der Waals surface area contributed by atoms with Crippen LogP contribution in [0.15, 0.2) is 53.4 Å². The Labute approximate surface area is 142 Å². The van der Waals surface area contributed by atoms with Crippen LogP contribution in [0.1, 0.15) is 11.6 Å². The number of likely N-dealkylation sites (N-methyl/N-ethyl adjacent to an activating group) is 1. The molecule has 0 unspecified atom stereocenters. The molecule has 130 valence electrons. The summed E-state index contributed by atoms with van der Waals surface area (Å²) in [6.07, 6.45) is 0. The SMILES string of the molecule is COc1cccc([C@H](CNS(=O)(=O)c2cccc(F)c2)N(C)C)c1. The number of methoxy groups -OCH3 is 1. The van der Waals surface area contributed by atoms with Crippen LogP contribution in [0, 0.1) is 5.82 Å². The molecular weight excluding hydrogens is 331 g/mol. The Morgan fingerprint density at radius 1 is 1.17 bits per heavy atom. The lowest BCUT2D eigenvalue weighted by Gasteiger charge is -2.25. The number of halogens is 1. The van der Waals surface area contributed by atoms with Crippen LogP contribution in [0.4, 0.5) is 4.39 Å². The van der Waals surface area contributed by atoms with Crippen molar-refractivity contribution in [1.29, 1.82) is 0 Å². The standard InChI is InChI=1S/C17H21FN2O3S/c1-20(2)17(13-6-4-8-15(10-13)23-3)12-19-24(21,22)16-9-5-7-14(18)11-16/h4-11,17,19H,12H2,1-3H3/t17-/m0/s1. The maximum Gasteiger partial charge on any atom is 0.240 e. The highest BCUT2D eigenvalue weighted by atomic mass is 32.2. The molecule has 5 nitrogen and oxygen atoms in total. The summed E-state index contributed by atoms with van der Waals surface area (Å²) < 4.78 is 45.7. The zero-order chi connectivity index (χ0) is 17.7. The summed E-state index contributed by atoms with van der Waals surface area (Å²) in [6.45, 7) is 0.152. The Balaban J connectivity index is 2.19. The second-order valence-corrected chi connectivity index (χ2v) is 7.33. The van der Waals surface area contributed by atoms with Crippen molar-refractivity contribution in [3.05, 3.63) is 59.9 Å². The third-order valence-corrected chi connectivity index (χ3v) is 5.10. The highest BCUT2D eigenvalue weighted by Gasteiger charge is 2.20. The van der Waals surface area contributed by atoms with Crippen molar-refractivity contribution in [3.63, 3.8) is 0 Å². The highest BCUT2D eigenvalue weighted by Crippen LogP contribution is 2.22. The molecule has 1 N–H and O–H groups in total. The molecule has 0 amide bonds. The van der Waals surface area contributed by atoms with Crippen LogP contribution in [0.5, 0.6) is 5.75 Å². The van der Waals surface area contributed by atoms with E-state index in [0.29, 0.717) is 5.75 Å². The number of nitrogens with zero attached hydrogens (tertiary/aromatic N) is 1. The molecular formula is C17H21FN2O3S. The quantitative estimate of drug-likeness (QED) is 0.831. The van der Waals surface area contributed by atoms with Crippen LogP contribution in [-0.2, 0) is 10.0 Å². The number of hydrogen-bond acceptors (Lipinski definition) is 4. The van der Waals surface area contributed by atoms with Gasteiger partial charge in [-0.15, -0.1) is 0 Å². The fraction of sp³-hybridized carbons (Fsp3) is 0.294. The van der Waals surface area contributed by atoms with Crippen molar-refractivity contribution in [2.45, 2.75) is 10.9 Å². The fourth-order valence-corrected chi connectivity index (χ4v) is 3.42. The fourth-order valence-electron chi connectivity index (χ4n) is 2.35. The Hall–Kier alpha value is -1.96. The summed E-state index contributed by atoms with van der Waals surface area (Å²) >= 11 is 0. The monoisotopic (exact) mass is 352 g/mol. The van der Waals surface area contributed by atoms with E-state index in [1.165, 1.54) is 18.2 Å². The average Bonchev–Trinajstić information content (AvgIpc) is 2.55. The predicted molar refractivity (Wildman–Crippen MR) is 91.0 cm³/mol. The molecule has 24 heavy (non-hydrogen) atoms. The minimum absolute atomic E-state index is 0.0920. The lowest BCUT2D eigenvalue weighted by atomic mass is 10.1. The summed E-state index contributed by atoms with van der Waals surface area (Å²) in [4.78, 5) is 1.81. The number of hydrogen-bond donors (Lipinski definition) is 1. The van der Waals surface area contributed by atoms with Crippen molar-refractivity contribution in [3.8, 4) is 5.75 Å². The number of benzene rings is 2. The first-order valence-corrected chi connectivity index (χ1v) is 8.87. The molecule has 0 spiro atoms. The second-order valence-electron chi connectivity index (χ2n) is 5.57. The maximum absolute atomic E-state index is 13.3.